The maximum Gasteiger partial charge on any atom is 0.191 e. The van der Waals surface area contributed by atoms with Crippen LogP contribution in [0.3, 0.4) is 0 Å². The van der Waals surface area contributed by atoms with Crippen molar-refractivity contribution in [2.75, 3.05) is 5.75 Å². The maximum absolute atomic E-state index is 13.3. The maximum atomic E-state index is 13.3. The number of aryl methyl sites for hydroxylation is 2. The minimum absolute atomic E-state index is 0.145. The Morgan fingerprint density at radius 1 is 0.775 bits per heavy atom. The Labute approximate surface area is 444 Å². The zero-order chi connectivity index (χ0) is 54.8. The Bertz CT molecular complexity index is 2130. The zero-order valence-corrected chi connectivity index (χ0v) is 49.2. The third-order valence-corrected chi connectivity index (χ3v) is 10.8. The number of carbonyl (C=O) groups is 1. The monoisotopic (exact) mass is 977 g/mol. The number of allylic oxidation sites excluding steroid dienone is 18. The van der Waals surface area contributed by atoms with E-state index in [2.05, 4.69) is 191 Å². The van der Waals surface area contributed by atoms with Crippen LogP contribution in [0.25, 0.3) is 5.57 Å². The molecule has 0 radical (unpaired) electrons. The van der Waals surface area contributed by atoms with E-state index in [1.807, 2.05) is 117 Å². The molecule has 388 valence electrons. The molecule has 2 heteroatoms. The summed E-state index contributed by atoms with van der Waals surface area (Å²) in [6, 6.07) is 26.8. The van der Waals surface area contributed by atoms with E-state index in [0.29, 0.717) is 17.6 Å². The second-order valence-electron chi connectivity index (χ2n) is 16.2. The van der Waals surface area contributed by atoms with Gasteiger partial charge in [-0.05, 0) is 133 Å². The molecule has 0 fully saturated rings. The van der Waals surface area contributed by atoms with Crippen molar-refractivity contribution in [1.82, 2.24) is 0 Å². The van der Waals surface area contributed by atoms with Crippen LogP contribution in [0.2, 0.25) is 0 Å². The molecule has 1 aliphatic rings. The molecule has 0 saturated heterocycles. The summed E-state index contributed by atoms with van der Waals surface area (Å²) in [4.78, 5) is 14.4. The molecule has 0 spiro atoms. The summed E-state index contributed by atoms with van der Waals surface area (Å²) in [7, 11) is 0. The average molecular weight is 978 g/mol. The van der Waals surface area contributed by atoms with E-state index in [9.17, 15) is 4.79 Å². The number of ketones is 1. The van der Waals surface area contributed by atoms with Crippen LogP contribution in [-0.2, 0) is 0 Å². The highest BCUT2D eigenvalue weighted by atomic mass is 32.2. The molecule has 1 atom stereocenters. The first-order chi connectivity index (χ1) is 34.2. The number of fused-ring (bicyclic) bond motifs is 1. The summed E-state index contributed by atoms with van der Waals surface area (Å²) < 4.78 is 0. The van der Waals surface area contributed by atoms with Crippen molar-refractivity contribution in [2.24, 2.45) is 11.8 Å². The van der Waals surface area contributed by atoms with Gasteiger partial charge in [0.15, 0.2) is 5.78 Å². The van der Waals surface area contributed by atoms with Gasteiger partial charge in [0.25, 0.3) is 0 Å². The molecule has 0 N–H and O–H groups in total. The zero-order valence-electron chi connectivity index (χ0n) is 48.3. The fraction of sp³-hybridized carbons (Fsp3) is 0.377. The summed E-state index contributed by atoms with van der Waals surface area (Å²) in [5, 5.41) is 0. The van der Waals surface area contributed by atoms with Crippen LogP contribution in [0.5, 0.6) is 0 Å². The molecule has 71 heavy (non-hydrogen) atoms. The van der Waals surface area contributed by atoms with Crippen LogP contribution < -0.4 is 0 Å². The molecular formula is C69H100OS. The molecule has 1 aliphatic heterocycles. The highest BCUT2D eigenvalue weighted by Crippen LogP contribution is 2.36. The van der Waals surface area contributed by atoms with Gasteiger partial charge in [-0.3, -0.25) is 4.79 Å². The van der Waals surface area contributed by atoms with Gasteiger partial charge in [-0.2, -0.15) is 0 Å². The van der Waals surface area contributed by atoms with Crippen LogP contribution in [0.15, 0.2) is 210 Å². The normalized spacial score (nSPS) is 12.7. The topological polar surface area (TPSA) is 17.1 Å². The second-order valence-corrected chi connectivity index (χ2v) is 17.2. The number of carbonyl (C=O) groups excluding carboxylic acids is 1. The summed E-state index contributed by atoms with van der Waals surface area (Å²) in [6.45, 7) is 48.7. The van der Waals surface area contributed by atoms with E-state index >= 15 is 0 Å². The molecule has 1 unspecified atom stereocenters. The van der Waals surface area contributed by atoms with Crippen LogP contribution >= 0.6 is 11.8 Å². The lowest BCUT2D eigenvalue weighted by Gasteiger charge is -2.19. The van der Waals surface area contributed by atoms with Gasteiger partial charge >= 0.3 is 0 Å². The predicted octanol–water partition coefficient (Wildman–Crippen LogP) is 22.1. The number of rotatable bonds is 15. The first-order valence-corrected chi connectivity index (χ1v) is 27.2. The SMILES string of the molecule is C=C(C)\C(=C/C(=C\C)/C=C1/CSc2cc(/C(C)=C/C(C)C)ccc2C1=O)C(C)CC/C=C\C.C=C(CC#CC)C/C=C\C=C/CC.C=C/C=C\C.CC.CC.CC.Cc1ccccc1.Cc1ccccc1. The van der Waals surface area contributed by atoms with Crippen molar-refractivity contribution in [3.63, 3.8) is 0 Å². The number of Topliss-reactive ketones (excluding diaryl/α,β-unsaturated/α-hetero) is 1. The van der Waals surface area contributed by atoms with Crippen LogP contribution in [-0.4, -0.2) is 11.5 Å². The van der Waals surface area contributed by atoms with Crippen molar-refractivity contribution in [3.05, 3.63) is 228 Å². The van der Waals surface area contributed by atoms with Crippen LogP contribution in [0.1, 0.15) is 170 Å². The minimum atomic E-state index is 0.145. The smallest absolute Gasteiger partial charge is 0.191 e. The van der Waals surface area contributed by atoms with E-state index in [0.717, 1.165) is 59.3 Å². The van der Waals surface area contributed by atoms with E-state index in [1.165, 1.54) is 33.4 Å². The molecule has 0 aromatic heterocycles. The minimum Gasteiger partial charge on any atom is -0.289 e. The van der Waals surface area contributed by atoms with Gasteiger partial charge in [0.2, 0.25) is 0 Å². The third kappa shape index (κ3) is 38.8. The Morgan fingerprint density at radius 2 is 1.34 bits per heavy atom. The molecule has 1 nitrogen and oxygen atoms in total. The molecule has 1 heterocycles. The van der Waals surface area contributed by atoms with E-state index in [4.69, 9.17) is 0 Å². The van der Waals surface area contributed by atoms with E-state index < -0.39 is 0 Å². The van der Waals surface area contributed by atoms with Crippen molar-refractivity contribution in [1.29, 1.82) is 0 Å². The van der Waals surface area contributed by atoms with Gasteiger partial charge in [0, 0.05) is 28.2 Å². The first kappa shape index (κ1) is 71.9. The lowest BCUT2D eigenvalue weighted by molar-refractivity contribution is 0.103. The molecule has 0 bridgehead atoms. The Morgan fingerprint density at radius 3 is 1.76 bits per heavy atom. The number of hydrogen-bond acceptors (Lipinski definition) is 2. The van der Waals surface area contributed by atoms with Crippen molar-refractivity contribution < 1.29 is 4.79 Å². The highest BCUT2D eigenvalue weighted by Gasteiger charge is 2.23. The molecule has 0 aliphatic carbocycles. The van der Waals surface area contributed by atoms with Crippen molar-refractivity contribution in [2.45, 2.75) is 162 Å². The predicted molar refractivity (Wildman–Crippen MR) is 330 cm³/mol. The summed E-state index contributed by atoms with van der Waals surface area (Å²) in [6.07, 6.45) is 31.9. The van der Waals surface area contributed by atoms with Gasteiger partial charge in [-0.15, -0.1) is 17.7 Å². The quantitative estimate of drug-likeness (QED) is 0.0653. The Balaban J connectivity index is -0.000000477. The Hall–Kier alpha value is -5.62. The van der Waals surface area contributed by atoms with E-state index in [-0.39, 0.29) is 5.78 Å². The van der Waals surface area contributed by atoms with Gasteiger partial charge in [0.1, 0.15) is 0 Å². The van der Waals surface area contributed by atoms with E-state index in [1.54, 1.807) is 17.8 Å². The third-order valence-electron chi connectivity index (χ3n) is 9.71. The lowest BCUT2D eigenvalue weighted by atomic mass is 9.89. The molecule has 3 aromatic carbocycles. The molecular weight excluding hydrogens is 877 g/mol. The van der Waals surface area contributed by atoms with Crippen molar-refractivity contribution in [3.8, 4) is 11.8 Å². The largest absolute Gasteiger partial charge is 0.289 e. The number of hydrogen-bond donors (Lipinski definition) is 0. The molecule has 0 amide bonds. The van der Waals surface area contributed by atoms with Gasteiger partial charge in [-0.1, -0.05) is 257 Å². The van der Waals surface area contributed by atoms with Gasteiger partial charge in [-0.25, -0.2) is 0 Å². The molecule has 0 saturated carbocycles. The summed E-state index contributed by atoms with van der Waals surface area (Å²) in [5.41, 5.74) is 11.4. The summed E-state index contributed by atoms with van der Waals surface area (Å²) >= 11 is 1.76. The Kier molecular flexibility index (Phi) is 51.4. The summed E-state index contributed by atoms with van der Waals surface area (Å²) in [5.74, 6) is 7.63. The fourth-order valence-corrected chi connectivity index (χ4v) is 7.19. The van der Waals surface area contributed by atoms with Crippen LogP contribution in [0, 0.1) is 37.5 Å². The second kappa shape index (κ2) is 50.8. The fourth-order valence-electron chi connectivity index (χ4n) is 6.13. The van der Waals surface area contributed by atoms with Gasteiger partial charge in [0.05, 0.1) is 0 Å². The number of benzene rings is 3. The van der Waals surface area contributed by atoms with Crippen molar-refractivity contribution >= 4 is 23.1 Å². The molecule has 3 aromatic rings. The average Bonchev–Trinajstić information content (AvgIpc) is 3.38. The standard InChI is InChI=1S/C31H40OS.C13H18.2C7H8.C5H8.3C2H6/c1-9-11-12-13-23(7)29(22(5)6)18-25(10-2)17-27-20-33-30-19-26(24(8)16-21(3)4)14-15-28(30)31(27)32;1-4-6-8-9-10-12-13(3)11-7-5-2;2*1-7-5-3-2-4-6-7;1-3-5-4-2;3*1-2/h9-11,14-19,21,23H,5,12-13,20H2,1-4,6-8H3;6,8-10H,3-4,11-12H2,1-2H3;2*2-6H,1H3;3-5H,1H2,2H3;3*1-2H3/b11-9-,24-16+,25-10-,27-17-,29-18+;8-6-,10-9-;;;5-4-;;;. The molecule has 4 rings (SSSR count). The van der Waals surface area contributed by atoms with Gasteiger partial charge < -0.3 is 0 Å². The highest BCUT2D eigenvalue weighted by molar-refractivity contribution is 7.99. The number of thioether (sulfide) groups is 1. The van der Waals surface area contributed by atoms with Crippen LogP contribution in [0.4, 0.5) is 0 Å². The lowest BCUT2D eigenvalue weighted by Crippen LogP contribution is -2.13. The first-order valence-electron chi connectivity index (χ1n) is 26.2.